The third-order valence-electron chi connectivity index (χ3n) is 5.78. The number of benzene rings is 1. The van der Waals surface area contributed by atoms with Gasteiger partial charge in [-0.15, -0.1) is 11.3 Å². The number of carbonyl (C=O) groups is 2. The summed E-state index contributed by atoms with van der Waals surface area (Å²) < 4.78 is 14.3. The molecule has 1 aromatic carbocycles. The van der Waals surface area contributed by atoms with Crippen LogP contribution in [0.2, 0.25) is 0 Å². The predicted octanol–water partition coefficient (Wildman–Crippen LogP) is 5.07. The van der Waals surface area contributed by atoms with Crippen molar-refractivity contribution in [2.75, 3.05) is 0 Å². The lowest BCUT2D eigenvalue weighted by Crippen LogP contribution is -2.18. The second kappa shape index (κ2) is 10.8. The number of aliphatic hydroxyl groups excluding tert-OH is 1. The number of thiophene rings is 1. The predicted molar refractivity (Wildman–Crippen MR) is 115 cm³/mol. The van der Waals surface area contributed by atoms with E-state index in [9.17, 15) is 19.1 Å². The van der Waals surface area contributed by atoms with Crippen molar-refractivity contribution in [3.05, 3.63) is 47.1 Å². The summed E-state index contributed by atoms with van der Waals surface area (Å²) in [6.45, 7) is 0. The summed E-state index contributed by atoms with van der Waals surface area (Å²) >= 11 is 1.48. The molecule has 30 heavy (non-hydrogen) atoms. The summed E-state index contributed by atoms with van der Waals surface area (Å²) in [5.74, 6) is -0.386. The smallest absolute Gasteiger partial charge is 0.243 e. The Bertz CT molecular complexity index is 910. The van der Waals surface area contributed by atoms with Crippen molar-refractivity contribution in [3.8, 4) is 0 Å². The Morgan fingerprint density at radius 3 is 2.77 bits per heavy atom. The number of ketones is 1. The van der Waals surface area contributed by atoms with E-state index in [1.54, 1.807) is 17.6 Å². The standard InChI is InChI=1S/C23H28FNO4S/c24-17-9-12-21-16(13-17)14-22(30-21)20(27)11-8-15-7-10-19(26)18(15)5-3-1-2-4-6-23(28)25-29/h7,9-10,12-15,18,20,27,29H,1-6,8,11H2,(H,25,28)/t15?,18-,20?/m1/s1. The molecule has 0 aliphatic heterocycles. The number of hydrogen-bond donors (Lipinski definition) is 3. The highest BCUT2D eigenvalue weighted by atomic mass is 32.1. The molecule has 5 nitrogen and oxygen atoms in total. The van der Waals surface area contributed by atoms with E-state index in [2.05, 4.69) is 0 Å². The fourth-order valence-electron chi connectivity index (χ4n) is 4.09. The zero-order valence-electron chi connectivity index (χ0n) is 16.9. The van der Waals surface area contributed by atoms with Crippen LogP contribution in [0.25, 0.3) is 10.1 Å². The van der Waals surface area contributed by atoms with Crippen molar-refractivity contribution in [2.24, 2.45) is 11.8 Å². The molecule has 0 radical (unpaired) electrons. The van der Waals surface area contributed by atoms with Crippen LogP contribution in [0.1, 0.15) is 62.3 Å². The first-order valence-corrected chi connectivity index (χ1v) is 11.3. The SMILES string of the molecule is O=C(CCCCCC[C@H]1C(=O)C=CC1CCC(O)c1cc2cc(F)ccc2s1)NO. The molecule has 2 unspecified atom stereocenters. The van der Waals surface area contributed by atoms with Crippen molar-refractivity contribution in [1.29, 1.82) is 0 Å². The Morgan fingerprint density at radius 2 is 1.97 bits per heavy atom. The van der Waals surface area contributed by atoms with Crippen LogP contribution in [0.5, 0.6) is 0 Å². The van der Waals surface area contributed by atoms with Gasteiger partial charge in [0.05, 0.1) is 6.10 Å². The first kappa shape index (κ1) is 22.6. The van der Waals surface area contributed by atoms with E-state index in [4.69, 9.17) is 5.21 Å². The summed E-state index contributed by atoms with van der Waals surface area (Å²) in [5.41, 5.74) is 1.63. The number of rotatable bonds is 11. The van der Waals surface area contributed by atoms with Gasteiger partial charge in [0.25, 0.3) is 0 Å². The average molecular weight is 434 g/mol. The number of aliphatic hydroxyl groups is 1. The molecule has 0 fully saturated rings. The minimum Gasteiger partial charge on any atom is -0.388 e. The average Bonchev–Trinajstić information content (AvgIpc) is 3.31. The van der Waals surface area contributed by atoms with Gasteiger partial charge < -0.3 is 5.11 Å². The first-order chi connectivity index (χ1) is 14.5. The van der Waals surface area contributed by atoms with E-state index < -0.39 is 6.10 Å². The summed E-state index contributed by atoms with van der Waals surface area (Å²) in [5, 5.41) is 19.9. The fourth-order valence-corrected chi connectivity index (χ4v) is 5.16. The number of nitrogens with one attached hydrogen (secondary N) is 1. The Balaban J connectivity index is 1.44. The number of allylic oxidation sites excluding steroid dienone is 2. The van der Waals surface area contributed by atoms with Crippen molar-refractivity contribution >= 4 is 33.1 Å². The molecule has 0 bridgehead atoms. The number of fused-ring (bicyclic) bond motifs is 1. The Kier molecular flexibility index (Phi) is 8.13. The third kappa shape index (κ3) is 5.97. The molecule has 3 atom stereocenters. The van der Waals surface area contributed by atoms with Crippen molar-refractivity contribution in [1.82, 2.24) is 5.48 Å². The van der Waals surface area contributed by atoms with Gasteiger partial charge in [0.2, 0.25) is 5.91 Å². The lowest BCUT2D eigenvalue weighted by molar-refractivity contribution is -0.129. The van der Waals surface area contributed by atoms with Crippen molar-refractivity contribution in [3.63, 3.8) is 0 Å². The second-order valence-corrected chi connectivity index (χ2v) is 9.06. The van der Waals surface area contributed by atoms with E-state index in [0.29, 0.717) is 12.8 Å². The van der Waals surface area contributed by atoms with Gasteiger partial charge in [-0.2, -0.15) is 0 Å². The molecule has 2 aromatic rings. The van der Waals surface area contributed by atoms with Gasteiger partial charge in [0, 0.05) is 21.9 Å². The van der Waals surface area contributed by atoms with E-state index in [-0.39, 0.29) is 29.3 Å². The van der Waals surface area contributed by atoms with Crippen LogP contribution in [-0.2, 0) is 9.59 Å². The molecule has 0 spiro atoms. The van der Waals surface area contributed by atoms with Crippen molar-refractivity contribution in [2.45, 2.75) is 57.5 Å². The van der Waals surface area contributed by atoms with Crippen LogP contribution in [0.3, 0.4) is 0 Å². The van der Waals surface area contributed by atoms with E-state index in [1.807, 2.05) is 12.1 Å². The van der Waals surface area contributed by atoms with Crippen molar-refractivity contribution < 1.29 is 24.3 Å². The largest absolute Gasteiger partial charge is 0.388 e. The molecule has 3 N–H and O–H groups in total. The molecule has 1 aromatic heterocycles. The molecule has 1 aliphatic rings. The highest BCUT2D eigenvalue weighted by Crippen LogP contribution is 2.36. The summed E-state index contributed by atoms with van der Waals surface area (Å²) in [6, 6.07) is 6.48. The van der Waals surface area contributed by atoms with Crippen LogP contribution < -0.4 is 5.48 Å². The lowest BCUT2D eigenvalue weighted by atomic mass is 9.85. The van der Waals surface area contributed by atoms with Gasteiger partial charge >= 0.3 is 0 Å². The van der Waals surface area contributed by atoms with Gasteiger partial charge in [0.15, 0.2) is 5.78 Å². The van der Waals surface area contributed by atoms with E-state index in [0.717, 1.165) is 53.5 Å². The number of hydroxylamine groups is 1. The van der Waals surface area contributed by atoms with Crippen LogP contribution in [0.4, 0.5) is 4.39 Å². The highest BCUT2D eigenvalue weighted by Gasteiger charge is 2.30. The van der Waals surface area contributed by atoms with Crippen LogP contribution in [0.15, 0.2) is 36.4 Å². The molecule has 162 valence electrons. The Labute approximate surface area is 179 Å². The maximum atomic E-state index is 13.4. The molecule has 0 saturated heterocycles. The van der Waals surface area contributed by atoms with Gasteiger partial charge in [-0.1, -0.05) is 25.3 Å². The zero-order chi connectivity index (χ0) is 21.5. The molecule has 3 rings (SSSR count). The maximum Gasteiger partial charge on any atom is 0.243 e. The third-order valence-corrected chi connectivity index (χ3v) is 7.00. The fraction of sp³-hybridized carbons (Fsp3) is 0.478. The highest BCUT2D eigenvalue weighted by molar-refractivity contribution is 7.19. The van der Waals surface area contributed by atoms with Crippen LogP contribution in [0, 0.1) is 17.7 Å². The maximum absolute atomic E-state index is 13.4. The number of hydrogen-bond acceptors (Lipinski definition) is 5. The molecule has 1 amide bonds. The van der Waals surface area contributed by atoms with Gasteiger partial charge in [0.1, 0.15) is 5.82 Å². The first-order valence-electron chi connectivity index (χ1n) is 10.5. The lowest BCUT2D eigenvalue weighted by Gasteiger charge is -2.19. The number of carbonyl (C=O) groups excluding carboxylic acids is 2. The molecule has 0 saturated carbocycles. The quantitative estimate of drug-likeness (QED) is 0.262. The summed E-state index contributed by atoms with van der Waals surface area (Å²) in [7, 11) is 0. The second-order valence-electron chi connectivity index (χ2n) is 7.94. The van der Waals surface area contributed by atoms with Crippen LogP contribution in [-0.4, -0.2) is 22.0 Å². The van der Waals surface area contributed by atoms with E-state index in [1.165, 1.54) is 23.5 Å². The van der Waals surface area contributed by atoms with E-state index >= 15 is 0 Å². The van der Waals surface area contributed by atoms with Crippen LogP contribution >= 0.6 is 11.3 Å². The molecular weight excluding hydrogens is 405 g/mol. The van der Waals surface area contributed by atoms with Gasteiger partial charge in [-0.3, -0.25) is 14.8 Å². The van der Waals surface area contributed by atoms with Gasteiger partial charge in [-0.25, -0.2) is 9.87 Å². The number of amides is 1. The monoisotopic (exact) mass is 433 g/mol. The number of halogens is 1. The summed E-state index contributed by atoms with van der Waals surface area (Å²) in [6.07, 6.45) is 8.88. The normalized spacial score (nSPS) is 19.5. The minimum atomic E-state index is -0.618. The zero-order valence-corrected chi connectivity index (χ0v) is 17.7. The summed E-state index contributed by atoms with van der Waals surface area (Å²) in [4.78, 5) is 24.0. The molecule has 1 heterocycles. The minimum absolute atomic E-state index is 0.0329. The number of unbranched alkanes of at least 4 members (excludes halogenated alkanes) is 3. The topological polar surface area (TPSA) is 86.6 Å². The Morgan fingerprint density at radius 1 is 1.17 bits per heavy atom. The Hall–Kier alpha value is -2.09. The molecular formula is C23H28FNO4S. The molecule has 7 heteroatoms. The van der Waals surface area contributed by atoms with Gasteiger partial charge in [-0.05, 0) is 67.3 Å². The molecule has 1 aliphatic carbocycles.